The molecule has 0 radical (unpaired) electrons. The third kappa shape index (κ3) is 5.01. The first-order chi connectivity index (χ1) is 13.4. The third-order valence-electron chi connectivity index (χ3n) is 3.95. The van der Waals surface area contributed by atoms with Crippen LogP contribution in [-0.4, -0.2) is 18.3 Å². The first-order valence-electron chi connectivity index (χ1n) is 8.46. The molecule has 28 heavy (non-hydrogen) atoms. The van der Waals surface area contributed by atoms with Crippen LogP contribution in [-0.2, 0) is 6.42 Å². The first kappa shape index (κ1) is 19.7. The number of rotatable bonds is 7. The van der Waals surface area contributed by atoms with E-state index < -0.39 is 6.61 Å². The normalized spacial score (nSPS) is 10.7. The minimum Gasteiger partial charge on any atom is -0.435 e. The fraction of sp³-hybridized carbons (Fsp3) is 0.143. The van der Waals surface area contributed by atoms with Gasteiger partial charge in [-0.2, -0.15) is 8.78 Å². The van der Waals surface area contributed by atoms with E-state index >= 15 is 0 Å². The summed E-state index contributed by atoms with van der Waals surface area (Å²) in [6.45, 7) is -1.50. The highest BCUT2D eigenvalue weighted by Crippen LogP contribution is 2.28. The van der Waals surface area contributed by atoms with Gasteiger partial charge in [0, 0.05) is 17.7 Å². The molecule has 1 amide bonds. The van der Waals surface area contributed by atoms with Crippen LogP contribution in [0.4, 0.5) is 14.5 Å². The predicted octanol–water partition coefficient (Wildman–Crippen LogP) is 5.40. The van der Waals surface area contributed by atoms with Crippen LogP contribution in [0.3, 0.4) is 0 Å². The Balaban J connectivity index is 1.83. The van der Waals surface area contributed by atoms with Gasteiger partial charge in [0.1, 0.15) is 5.75 Å². The number of ketones is 1. The van der Waals surface area contributed by atoms with Gasteiger partial charge in [-0.05, 0) is 42.8 Å². The molecule has 0 bridgehead atoms. The lowest BCUT2D eigenvalue weighted by atomic mass is 10.0. The molecule has 2 aromatic carbocycles. The van der Waals surface area contributed by atoms with E-state index in [9.17, 15) is 18.4 Å². The van der Waals surface area contributed by atoms with Crippen LogP contribution < -0.4 is 10.1 Å². The third-order valence-corrected chi connectivity index (χ3v) is 5.13. The number of halogens is 2. The minimum atomic E-state index is -2.94. The van der Waals surface area contributed by atoms with Gasteiger partial charge in [0.15, 0.2) is 5.78 Å². The van der Waals surface area contributed by atoms with Crippen molar-refractivity contribution in [3.8, 4) is 5.75 Å². The lowest BCUT2D eigenvalue weighted by molar-refractivity contribution is -0.0503. The average Bonchev–Trinajstić information content (AvgIpc) is 3.15. The summed E-state index contributed by atoms with van der Waals surface area (Å²) in [5.74, 6) is -0.416. The highest BCUT2D eigenvalue weighted by Gasteiger charge is 2.15. The molecule has 0 aliphatic heterocycles. The Hall–Kier alpha value is -3.06. The molecule has 1 heterocycles. The first-order valence-corrected chi connectivity index (χ1v) is 9.28. The van der Waals surface area contributed by atoms with Crippen LogP contribution >= 0.6 is 11.3 Å². The van der Waals surface area contributed by atoms with Gasteiger partial charge in [-0.3, -0.25) is 9.59 Å². The maximum absolute atomic E-state index is 12.7. The highest BCUT2D eigenvalue weighted by atomic mass is 32.1. The summed E-state index contributed by atoms with van der Waals surface area (Å²) in [4.78, 5) is 24.7. The van der Waals surface area contributed by atoms with Crippen molar-refractivity contribution in [2.45, 2.75) is 20.0 Å². The number of anilines is 1. The lowest BCUT2D eigenvalue weighted by Crippen LogP contribution is -2.11. The predicted molar refractivity (Wildman–Crippen MR) is 105 cm³/mol. The van der Waals surface area contributed by atoms with E-state index in [1.54, 1.807) is 18.2 Å². The molecule has 0 atom stereocenters. The molecule has 4 nitrogen and oxygen atoms in total. The van der Waals surface area contributed by atoms with Crippen molar-refractivity contribution in [2.24, 2.45) is 0 Å². The van der Waals surface area contributed by atoms with E-state index in [1.807, 2.05) is 30.3 Å². The van der Waals surface area contributed by atoms with Crippen molar-refractivity contribution in [3.05, 3.63) is 81.5 Å². The van der Waals surface area contributed by atoms with Crippen LogP contribution in [0.5, 0.6) is 5.75 Å². The number of nitrogens with one attached hydrogen (secondary N) is 1. The molecule has 0 saturated heterocycles. The lowest BCUT2D eigenvalue weighted by Gasteiger charge is -2.13. The molecular formula is C21H17F2NO3S. The second-order valence-corrected chi connectivity index (χ2v) is 7.12. The molecule has 0 saturated carbocycles. The van der Waals surface area contributed by atoms with Gasteiger partial charge in [-0.1, -0.05) is 30.3 Å². The number of alkyl halides is 2. The fourth-order valence-corrected chi connectivity index (χ4v) is 3.46. The van der Waals surface area contributed by atoms with E-state index in [4.69, 9.17) is 0 Å². The quantitative estimate of drug-likeness (QED) is 0.540. The minimum absolute atomic E-state index is 0.0619. The number of carbonyl (C=O) groups is 2. The molecule has 3 rings (SSSR count). The van der Waals surface area contributed by atoms with Crippen molar-refractivity contribution in [1.82, 2.24) is 0 Å². The molecule has 0 spiro atoms. The van der Waals surface area contributed by atoms with Crippen LogP contribution in [0.15, 0.2) is 60.7 Å². The standard InChI is InChI=1S/C21H17F2NO3S/c1-13(25)18-9-10-19(28-18)20(26)24-16-7-8-17(27-21(22)23)15(12-16)11-14-5-3-2-4-6-14/h2-10,12,21H,11H2,1H3,(H,24,26). The molecule has 0 fully saturated rings. The second kappa shape index (κ2) is 8.75. The smallest absolute Gasteiger partial charge is 0.387 e. The Morgan fingerprint density at radius 2 is 1.75 bits per heavy atom. The molecule has 3 aromatic rings. The summed E-state index contributed by atoms with van der Waals surface area (Å²) < 4.78 is 30.1. The molecule has 0 aliphatic carbocycles. The number of ether oxygens (including phenoxy) is 1. The summed E-state index contributed by atoms with van der Waals surface area (Å²) >= 11 is 1.10. The average molecular weight is 401 g/mol. The van der Waals surface area contributed by atoms with Gasteiger partial charge in [0.25, 0.3) is 5.91 Å². The number of hydrogen-bond acceptors (Lipinski definition) is 4. The Labute approximate surface area is 164 Å². The summed E-state index contributed by atoms with van der Waals surface area (Å²) in [6, 6.07) is 17.1. The van der Waals surface area contributed by atoms with E-state index in [1.165, 1.54) is 19.1 Å². The maximum atomic E-state index is 12.7. The molecule has 0 unspecified atom stereocenters. The molecule has 144 valence electrons. The van der Waals surface area contributed by atoms with E-state index in [0.29, 0.717) is 27.4 Å². The van der Waals surface area contributed by atoms with Crippen molar-refractivity contribution < 1.29 is 23.1 Å². The maximum Gasteiger partial charge on any atom is 0.387 e. The van der Waals surface area contributed by atoms with Gasteiger partial charge in [-0.25, -0.2) is 0 Å². The second-order valence-electron chi connectivity index (χ2n) is 6.04. The number of thiophene rings is 1. The number of benzene rings is 2. The van der Waals surface area contributed by atoms with Crippen LogP contribution in [0.25, 0.3) is 0 Å². The number of hydrogen-bond donors (Lipinski definition) is 1. The van der Waals surface area contributed by atoms with Crippen molar-refractivity contribution in [1.29, 1.82) is 0 Å². The Kier molecular flexibility index (Phi) is 6.16. The van der Waals surface area contributed by atoms with Crippen LogP contribution in [0, 0.1) is 0 Å². The molecule has 0 aliphatic rings. The van der Waals surface area contributed by atoms with Crippen molar-refractivity contribution in [3.63, 3.8) is 0 Å². The summed E-state index contributed by atoms with van der Waals surface area (Å²) in [5.41, 5.74) is 1.91. The van der Waals surface area contributed by atoms with Crippen LogP contribution in [0.2, 0.25) is 0 Å². The zero-order chi connectivity index (χ0) is 20.1. The van der Waals surface area contributed by atoms with E-state index in [2.05, 4.69) is 10.1 Å². The van der Waals surface area contributed by atoms with Gasteiger partial charge < -0.3 is 10.1 Å². The summed E-state index contributed by atoms with van der Waals surface area (Å²) in [6.07, 6.45) is 0.375. The zero-order valence-electron chi connectivity index (χ0n) is 14.9. The Morgan fingerprint density at radius 1 is 1.04 bits per heavy atom. The Bertz CT molecular complexity index is 986. The van der Waals surface area contributed by atoms with Gasteiger partial charge in [-0.15, -0.1) is 11.3 Å². The van der Waals surface area contributed by atoms with Gasteiger partial charge in [0.2, 0.25) is 0 Å². The summed E-state index contributed by atoms with van der Waals surface area (Å²) in [7, 11) is 0. The number of carbonyl (C=O) groups excluding carboxylic acids is 2. The molecule has 7 heteroatoms. The van der Waals surface area contributed by atoms with E-state index in [-0.39, 0.29) is 17.4 Å². The van der Waals surface area contributed by atoms with E-state index in [0.717, 1.165) is 16.9 Å². The summed E-state index contributed by atoms with van der Waals surface area (Å²) in [5, 5.41) is 2.73. The van der Waals surface area contributed by atoms with Gasteiger partial charge >= 0.3 is 6.61 Å². The van der Waals surface area contributed by atoms with Crippen molar-refractivity contribution in [2.75, 3.05) is 5.32 Å². The Morgan fingerprint density at radius 3 is 2.39 bits per heavy atom. The SMILES string of the molecule is CC(=O)c1ccc(C(=O)Nc2ccc(OC(F)F)c(Cc3ccccc3)c2)s1. The molecular weight excluding hydrogens is 384 g/mol. The topological polar surface area (TPSA) is 55.4 Å². The fourth-order valence-electron chi connectivity index (χ4n) is 2.66. The zero-order valence-corrected chi connectivity index (χ0v) is 15.8. The van der Waals surface area contributed by atoms with Gasteiger partial charge in [0.05, 0.1) is 9.75 Å². The molecule has 1 aromatic heterocycles. The highest BCUT2D eigenvalue weighted by molar-refractivity contribution is 7.16. The number of Topliss-reactive ketones (excluding diaryl/α,β-unsaturated/α-hetero) is 1. The number of amides is 1. The van der Waals surface area contributed by atoms with Crippen molar-refractivity contribution >= 4 is 28.7 Å². The largest absolute Gasteiger partial charge is 0.435 e. The molecule has 1 N–H and O–H groups in total. The monoisotopic (exact) mass is 401 g/mol. The van der Waals surface area contributed by atoms with Crippen LogP contribution in [0.1, 0.15) is 37.4 Å².